The molecule has 0 bridgehead atoms. The number of piperidine rings is 1. The molecule has 0 saturated carbocycles. The van der Waals surface area contributed by atoms with Gasteiger partial charge in [0.25, 0.3) is 0 Å². The highest BCUT2D eigenvalue weighted by Crippen LogP contribution is 2.14. The fraction of sp³-hybridized carbons (Fsp3) is 0.467. The molecule has 1 aromatic carbocycles. The Bertz CT molecular complexity index is 604. The van der Waals surface area contributed by atoms with Crippen LogP contribution in [-0.4, -0.2) is 61.2 Å². The minimum atomic E-state index is -1.13. The summed E-state index contributed by atoms with van der Waals surface area (Å²) >= 11 is 0. The summed E-state index contributed by atoms with van der Waals surface area (Å²) in [7, 11) is 0. The monoisotopic (exact) mass is 304 g/mol. The molecule has 4 N–H and O–H groups in total. The maximum atomic E-state index is 9.98. The molecule has 2 aromatic rings. The second-order valence-electron chi connectivity index (χ2n) is 5.66. The molecule has 3 rings (SSSR count). The zero-order valence-electron chi connectivity index (χ0n) is 12.1. The first kappa shape index (κ1) is 15.1. The van der Waals surface area contributed by atoms with Crippen molar-refractivity contribution < 1.29 is 15.3 Å². The molecule has 1 aromatic heterocycles. The molecule has 0 radical (unpaired) electrons. The molecule has 2 heterocycles. The van der Waals surface area contributed by atoms with Crippen LogP contribution in [0.5, 0.6) is 0 Å². The largest absolute Gasteiger partial charge is 0.389 e. The maximum absolute atomic E-state index is 9.98. The van der Waals surface area contributed by atoms with E-state index in [9.17, 15) is 15.3 Å². The van der Waals surface area contributed by atoms with Crippen LogP contribution < -0.4 is 5.32 Å². The molecule has 1 saturated heterocycles. The molecule has 7 heteroatoms. The van der Waals surface area contributed by atoms with Gasteiger partial charge >= 0.3 is 0 Å². The molecule has 7 nitrogen and oxygen atoms in total. The molecule has 0 spiro atoms. The number of hydrogen-bond donors (Lipinski definition) is 4. The summed E-state index contributed by atoms with van der Waals surface area (Å²) in [6.07, 6.45) is -0.827. The second kappa shape index (κ2) is 6.53. The van der Waals surface area contributed by atoms with Crippen molar-refractivity contribution in [3.63, 3.8) is 0 Å². The molecule has 4 atom stereocenters. The highest BCUT2D eigenvalue weighted by molar-refractivity contribution is 5.15. The number of hydrogen-bond acceptors (Lipinski definition) is 6. The minimum Gasteiger partial charge on any atom is -0.389 e. The molecule has 1 aliphatic rings. The lowest BCUT2D eigenvalue weighted by molar-refractivity contribution is -0.0939. The standard InChI is InChI=1S/C15H20N4O3/c20-13-7-16-12(14(21)15(13)22)6-11-9-19(18-17-11)8-10-4-2-1-3-5-10/h1-5,9,12-16,20-22H,6-8H2/t12-,13-,14+,15+/m1/s1. The molecule has 0 aliphatic carbocycles. The van der Waals surface area contributed by atoms with E-state index in [1.165, 1.54) is 0 Å². The van der Waals surface area contributed by atoms with Crippen LogP contribution >= 0.6 is 0 Å². The van der Waals surface area contributed by atoms with Gasteiger partial charge in [0.1, 0.15) is 6.10 Å². The van der Waals surface area contributed by atoms with Gasteiger partial charge < -0.3 is 20.6 Å². The minimum absolute atomic E-state index is 0.251. The highest BCUT2D eigenvalue weighted by Gasteiger charge is 2.36. The van der Waals surface area contributed by atoms with Gasteiger partial charge in [-0.1, -0.05) is 35.5 Å². The van der Waals surface area contributed by atoms with E-state index in [1.54, 1.807) is 4.68 Å². The summed E-state index contributed by atoms with van der Waals surface area (Å²) < 4.78 is 1.74. The number of aliphatic hydroxyl groups is 3. The Kier molecular flexibility index (Phi) is 4.49. The summed E-state index contributed by atoms with van der Waals surface area (Å²) in [4.78, 5) is 0. The number of β-amino-alcohol motifs (C(OH)–C–C–N with tert-alkyl or cyclic N) is 1. The molecule has 0 amide bonds. The maximum Gasteiger partial charge on any atom is 0.108 e. The highest BCUT2D eigenvalue weighted by atomic mass is 16.4. The van der Waals surface area contributed by atoms with Crippen molar-refractivity contribution >= 4 is 0 Å². The molecule has 118 valence electrons. The van der Waals surface area contributed by atoms with Gasteiger partial charge in [0.15, 0.2) is 0 Å². The van der Waals surface area contributed by atoms with Gasteiger partial charge in [0.05, 0.1) is 24.4 Å². The lowest BCUT2D eigenvalue weighted by atomic mass is 9.93. The van der Waals surface area contributed by atoms with E-state index in [4.69, 9.17) is 0 Å². The zero-order valence-corrected chi connectivity index (χ0v) is 12.1. The zero-order chi connectivity index (χ0) is 15.5. The third kappa shape index (κ3) is 3.33. The second-order valence-corrected chi connectivity index (χ2v) is 5.66. The van der Waals surface area contributed by atoms with Gasteiger partial charge in [-0.2, -0.15) is 0 Å². The normalized spacial score (nSPS) is 28.7. The molecule has 22 heavy (non-hydrogen) atoms. The third-order valence-corrected chi connectivity index (χ3v) is 3.95. The number of aromatic nitrogens is 3. The van der Waals surface area contributed by atoms with Crippen LogP contribution in [-0.2, 0) is 13.0 Å². The topological polar surface area (TPSA) is 103 Å². The van der Waals surface area contributed by atoms with Crippen molar-refractivity contribution in [2.75, 3.05) is 6.54 Å². The summed E-state index contributed by atoms with van der Waals surface area (Å²) in [6.45, 7) is 0.886. The molecule has 1 fully saturated rings. The average molecular weight is 304 g/mol. The van der Waals surface area contributed by atoms with Crippen LogP contribution in [0, 0.1) is 0 Å². The van der Waals surface area contributed by atoms with Crippen LogP contribution in [0.15, 0.2) is 36.5 Å². The first-order chi connectivity index (χ1) is 10.6. The predicted octanol–water partition coefficient (Wildman–Crippen LogP) is -1.08. The van der Waals surface area contributed by atoms with Gasteiger partial charge in [-0.3, -0.25) is 0 Å². The third-order valence-electron chi connectivity index (χ3n) is 3.95. The van der Waals surface area contributed by atoms with E-state index in [2.05, 4.69) is 15.6 Å². The Hall–Kier alpha value is -1.80. The predicted molar refractivity (Wildman–Crippen MR) is 79.1 cm³/mol. The van der Waals surface area contributed by atoms with Gasteiger partial charge in [-0.05, 0) is 5.56 Å². The molecular formula is C15H20N4O3. The number of rotatable bonds is 4. The first-order valence-electron chi connectivity index (χ1n) is 7.34. The van der Waals surface area contributed by atoms with E-state index >= 15 is 0 Å². The van der Waals surface area contributed by atoms with Crippen molar-refractivity contribution in [2.24, 2.45) is 0 Å². The van der Waals surface area contributed by atoms with Gasteiger partial charge in [-0.25, -0.2) is 4.68 Å². The first-order valence-corrected chi connectivity index (χ1v) is 7.34. The summed E-state index contributed by atoms with van der Waals surface area (Å²) in [5.74, 6) is 0. The van der Waals surface area contributed by atoms with Crippen molar-refractivity contribution in [1.82, 2.24) is 20.3 Å². The molecule has 0 unspecified atom stereocenters. The fourth-order valence-corrected chi connectivity index (χ4v) is 2.68. The van der Waals surface area contributed by atoms with Crippen LogP contribution in [0.3, 0.4) is 0 Å². The Morgan fingerprint density at radius 1 is 1.14 bits per heavy atom. The van der Waals surface area contributed by atoms with Gasteiger partial charge in [-0.15, -0.1) is 5.10 Å². The van der Waals surface area contributed by atoms with E-state index in [0.717, 1.165) is 11.3 Å². The van der Waals surface area contributed by atoms with Crippen LogP contribution in [0.1, 0.15) is 11.3 Å². The quantitative estimate of drug-likeness (QED) is 0.573. The SMILES string of the molecule is O[C@@H]1[C@@H](O)[C@@H](Cc2cn(Cc3ccccc3)nn2)NC[C@H]1O. The number of nitrogens with one attached hydrogen (secondary N) is 1. The van der Waals surface area contributed by atoms with Crippen molar-refractivity contribution in [2.45, 2.75) is 37.3 Å². The van der Waals surface area contributed by atoms with Crippen LogP contribution in [0.4, 0.5) is 0 Å². The van der Waals surface area contributed by atoms with E-state index in [-0.39, 0.29) is 12.6 Å². The van der Waals surface area contributed by atoms with E-state index < -0.39 is 18.3 Å². The van der Waals surface area contributed by atoms with Crippen molar-refractivity contribution in [3.05, 3.63) is 47.8 Å². The Morgan fingerprint density at radius 2 is 1.91 bits per heavy atom. The molecule has 1 aliphatic heterocycles. The summed E-state index contributed by atoms with van der Waals surface area (Å²) in [6, 6.07) is 9.60. The van der Waals surface area contributed by atoms with Crippen molar-refractivity contribution in [3.8, 4) is 0 Å². The Morgan fingerprint density at radius 3 is 2.68 bits per heavy atom. The van der Waals surface area contributed by atoms with Gasteiger partial charge in [0.2, 0.25) is 0 Å². The average Bonchev–Trinajstić information content (AvgIpc) is 2.96. The molecular weight excluding hydrogens is 284 g/mol. The van der Waals surface area contributed by atoms with Gasteiger partial charge in [0, 0.05) is 25.2 Å². The fourth-order valence-electron chi connectivity index (χ4n) is 2.68. The lowest BCUT2D eigenvalue weighted by Crippen LogP contribution is -2.60. The smallest absolute Gasteiger partial charge is 0.108 e. The number of aliphatic hydroxyl groups excluding tert-OH is 3. The Balaban J connectivity index is 1.62. The van der Waals surface area contributed by atoms with Crippen LogP contribution in [0.2, 0.25) is 0 Å². The van der Waals surface area contributed by atoms with E-state index in [1.807, 2.05) is 36.5 Å². The summed E-state index contributed by atoms with van der Waals surface area (Å²) in [5.41, 5.74) is 1.87. The lowest BCUT2D eigenvalue weighted by Gasteiger charge is -2.35. The van der Waals surface area contributed by atoms with Crippen LogP contribution in [0.25, 0.3) is 0 Å². The summed E-state index contributed by atoms with van der Waals surface area (Å²) in [5, 5.41) is 40.4. The number of benzene rings is 1. The Labute approximate surface area is 128 Å². The van der Waals surface area contributed by atoms with E-state index in [0.29, 0.717) is 13.0 Å². The number of nitrogens with zero attached hydrogens (tertiary/aromatic N) is 3. The van der Waals surface area contributed by atoms with Crippen molar-refractivity contribution in [1.29, 1.82) is 0 Å².